The summed E-state index contributed by atoms with van der Waals surface area (Å²) in [5, 5.41) is 9.19. The van der Waals surface area contributed by atoms with Gasteiger partial charge in [0.1, 0.15) is 17.8 Å². The maximum absolute atomic E-state index is 10.8. The van der Waals surface area contributed by atoms with Crippen molar-refractivity contribution in [2.45, 2.75) is 40.5 Å². The summed E-state index contributed by atoms with van der Waals surface area (Å²) in [7, 11) is 0. The first kappa shape index (κ1) is 18.5. The highest BCUT2D eigenvalue weighted by Gasteiger charge is 2.17. The van der Waals surface area contributed by atoms with Crippen LogP contribution < -0.4 is 9.47 Å². The number of hydrogen-bond donors (Lipinski definition) is 1. The van der Waals surface area contributed by atoms with Crippen LogP contribution >= 0.6 is 0 Å². The van der Waals surface area contributed by atoms with Crippen LogP contribution in [0.4, 0.5) is 0 Å². The molecule has 0 saturated heterocycles. The molecule has 0 spiro atoms. The minimum Gasteiger partial charge on any atom is -0.494 e. The molecule has 0 radical (unpaired) electrons. The normalized spacial score (nSPS) is 12.0. The minimum atomic E-state index is -0.345. The molecule has 0 aromatic heterocycles. The number of benzene rings is 1. The maximum atomic E-state index is 10.8. The van der Waals surface area contributed by atoms with E-state index in [-0.39, 0.29) is 17.4 Å². The quantitative estimate of drug-likeness (QED) is 0.672. The van der Waals surface area contributed by atoms with Crippen LogP contribution in [0.5, 0.6) is 11.5 Å². The van der Waals surface area contributed by atoms with Gasteiger partial charge in [0.2, 0.25) is 0 Å². The molecule has 4 heteroatoms. The van der Waals surface area contributed by atoms with Gasteiger partial charge in [-0.05, 0) is 42.5 Å². The van der Waals surface area contributed by atoms with Crippen molar-refractivity contribution < 1.29 is 19.4 Å². The smallest absolute Gasteiger partial charge is 0.125 e. The SMILES string of the molecule is CC(C)(C=O)CCOc1ccc(OCCC(C)(C)CO)cc1. The fraction of sp³-hybridized carbons (Fsp3) is 0.611. The Balaban J connectivity index is 2.35. The monoisotopic (exact) mass is 308 g/mol. The average molecular weight is 308 g/mol. The van der Waals surface area contributed by atoms with Gasteiger partial charge in [-0.15, -0.1) is 0 Å². The Labute approximate surface area is 133 Å². The largest absolute Gasteiger partial charge is 0.494 e. The van der Waals surface area contributed by atoms with Crippen molar-refractivity contribution in [2.24, 2.45) is 10.8 Å². The maximum Gasteiger partial charge on any atom is 0.125 e. The van der Waals surface area contributed by atoms with Crippen LogP contribution in [-0.4, -0.2) is 31.2 Å². The molecule has 0 atom stereocenters. The summed E-state index contributed by atoms with van der Waals surface area (Å²) in [5.41, 5.74) is -0.461. The summed E-state index contributed by atoms with van der Waals surface area (Å²) in [4.78, 5) is 10.8. The van der Waals surface area contributed by atoms with Gasteiger partial charge in [0.25, 0.3) is 0 Å². The summed E-state index contributed by atoms with van der Waals surface area (Å²) < 4.78 is 11.3. The molecule has 1 rings (SSSR count). The third kappa shape index (κ3) is 6.94. The molecule has 0 aliphatic heterocycles. The molecule has 1 aromatic carbocycles. The van der Waals surface area contributed by atoms with E-state index in [4.69, 9.17) is 9.47 Å². The molecule has 22 heavy (non-hydrogen) atoms. The fourth-order valence-corrected chi connectivity index (χ4v) is 1.65. The van der Waals surface area contributed by atoms with Gasteiger partial charge in [0, 0.05) is 12.0 Å². The molecule has 0 heterocycles. The molecule has 0 fully saturated rings. The molecule has 0 bridgehead atoms. The lowest BCUT2D eigenvalue weighted by Crippen LogP contribution is -2.19. The molecule has 1 N–H and O–H groups in total. The predicted molar refractivity (Wildman–Crippen MR) is 87.4 cm³/mol. The Hall–Kier alpha value is -1.55. The third-order valence-corrected chi connectivity index (χ3v) is 3.63. The summed E-state index contributed by atoms with van der Waals surface area (Å²) >= 11 is 0. The third-order valence-electron chi connectivity index (χ3n) is 3.63. The molecule has 124 valence electrons. The van der Waals surface area contributed by atoms with Crippen LogP contribution in [0.15, 0.2) is 24.3 Å². The lowest BCUT2D eigenvalue weighted by molar-refractivity contribution is -0.115. The van der Waals surface area contributed by atoms with Gasteiger partial charge in [-0.3, -0.25) is 0 Å². The first-order valence-corrected chi connectivity index (χ1v) is 7.71. The van der Waals surface area contributed by atoms with E-state index in [1.54, 1.807) is 0 Å². The van der Waals surface area contributed by atoms with Crippen LogP contribution in [-0.2, 0) is 4.79 Å². The van der Waals surface area contributed by atoms with Crippen molar-refractivity contribution in [2.75, 3.05) is 19.8 Å². The number of aliphatic hydroxyl groups excluding tert-OH is 1. The zero-order valence-electron chi connectivity index (χ0n) is 14.1. The number of carbonyl (C=O) groups excluding carboxylic acids is 1. The van der Waals surface area contributed by atoms with E-state index in [1.807, 2.05) is 52.0 Å². The van der Waals surface area contributed by atoms with Crippen LogP contribution in [0, 0.1) is 10.8 Å². The van der Waals surface area contributed by atoms with Crippen molar-refractivity contribution in [1.82, 2.24) is 0 Å². The lowest BCUT2D eigenvalue weighted by Gasteiger charge is -2.21. The van der Waals surface area contributed by atoms with E-state index in [0.29, 0.717) is 19.6 Å². The Morgan fingerprint density at radius 3 is 1.82 bits per heavy atom. The number of aliphatic hydroxyl groups is 1. The molecule has 0 aliphatic carbocycles. The van der Waals surface area contributed by atoms with E-state index in [0.717, 1.165) is 24.2 Å². The Morgan fingerprint density at radius 2 is 1.41 bits per heavy atom. The zero-order valence-corrected chi connectivity index (χ0v) is 14.1. The lowest BCUT2D eigenvalue weighted by atomic mass is 9.91. The highest BCUT2D eigenvalue weighted by Crippen LogP contribution is 2.22. The Bertz CT molecular complexity index is 449. The summed E-state index contributed by atoms with van der Waals surface area (Å²) in [6.07, 6.45) is 2.44. The first-order valence-electron chi connectivity index (χ1n) is 7.71. The van der Waals surface area contributed by atoms with Gasteiger partial charge < -0.3 is 19.4 Å². The van der Waals surface area contributed by atoms with Gasteiger partial charge in [-0.2, -0.15) is 0 Å². The number of rotatable bonds is 10. The van der Waals surface area contributed by atoms with Gasteiger partial charge >= 0.3 is 0 Å². The molecule has 0 amide bonds. The van der Waals surface area contributed by atoms with E-state index in [2.05, 4.69) is 0 Å². The van der Waals surface area contributed by atoms with Gasteiger partial charge in [-0.25, -0.2) is 0 Å². The molecule has 0 saturated carbocycles. The molecule has 4 nitrogen and oxygen atoms in total. The summed E-state index contributed by atoms with van der Waals surface area (Å²) in [6.45, 7) is 9.04. The number of aldehydes is 1. The second-order valence-corrected chi connectivity index (χ2v) is 7.10. The van der Waals surface area contributed by atoms with Crippen molar-refractivity contribution in [3.63, 3.8) is 0 Å². The van der Waals surface area contributed by atoms with E-state index >= 15 is 0 Å². The highest BCUT2D eigenvalue weighted by molar-refractivity contribution is 5.57. The van der Waals surface area contributed by atoms with E-state index in [1.165, 1.54) is 0 Å². The number of hydrogen-bond acceptors (Lipinski definition) is 4. The molecule has 1 aromatic rings. The highest BCUT2D eigenvalue weighted by atomic mass is 16.5. The molecular formula is C18H28O4. The Morgan fingerprint density at radius 1 is 0.955 bits per heavy atom. The fourth-order valence-electron chi connectivity index (χ4n) is 1.65. The second kappa shape index (κ2) is 8.18. The molecular weight excluding hydrogens is 280 g/mol. The summed E-state index contributed by atoms with van der Waals surface area (Å²) in [6, 6.07) is 7.46. The van der Waals surface area contributed by atoms with Crippen LogP contribution in [0.1, 0.15) is 40.5 Å². The van der Waals surface area contributed by atoms with Crippen LogP contribution in [0.3, 0.4) is 0 Å². The topological polar surface area (TPSA) is 55.8 Å². The van der Waals surface area contributed by atoms with Gasteiger partial charge in [0.05, 0.1) is 13.2 Å². The minimum absolute atomic E-state index is 0.117. The Kier molecular flexibility index (Phi) is 6.88. The predicted octanol–water partition coefficient (Wildman–Crippen LogP) is 3.47. The van der Waals surface area contributed by atoms with Crippen molar-refractivity contribution in [1.29, 1.82) is 0 Å². The van der Waals surface area contributed by atoms with Gasteiger partial charge in [-0.1, -0.05) is 27.7 Å². The standard InChI is InChI=1S/C18H28O4/c1-17(2,13-19)9-11-21-15-5-7-16(8-6-15)22-12-10-18(3,4)14-20/h5-8,13,20H,9-12,14H2,1-4H3. The number of ether oxygens (including phenoxy) is 2. The average Bonchev–Trinajstić information content (AvgIpc) is 2.48. The summed E-state index contributed by atoms with van der Waals surface area (Å²) in [5.74, 6) is 1.55. The van der Waals surface area contributed by atoms with E-state index in [9.17, 15) is 9.90 Å². The van der Waals surface area contributed by atoms with Crippen molar-refractivity contribution in [3.8, 4) is 11.5 Å². The van der Waals surface area contributed by atoms with Crippen LogP contribution in [0.25, 0.3) is 0 Å². The molecule has 0 aliphatic rings. The second-order valence-electron chi connectivity index (χ2n) is 7.10. The van der Waals surface area contributed by atoms with Gasteiger partial charge in [0.15, 0.2) is 0 Å². The van der Waals surface area contributed by atoms with E-state index < -0.39 is 0 Å². The zero-order chi connectivity index (χ0) is 16.6. The van der Waals surface area contributed by atoms with Crippen molar-refractivity contribution >= 4 is 6.29 Å². The molecule has 0 unspecified atom stereocenters. The first-order chi connectivity index (χ1) is 10.3. The number of carbonyl (C=O) groups is 1. The van der Waals surface area contributed by atoms with Crippen molar-refractivity contribution in [3.05, 3.63) is 24.3 Å². The van der Waals surface area contributed by atoms with Crippen LogP contribution in [0.2, 0.25) is 0 Å².